The normalized spacial score (nSPS) is 10.8. The molecule has 2 aromatic heterocycles. The average Bonchev–Trinajstić information content (AvgIpc) is 2.46. The first-order valence-electron chi connectivity index (χ1n) is 6.19. The van der Waals surface area contributed by atoms with Crippen LogP contribution in [0, 0.1) is 5.82 Å². The molecule has 0 saturated heterocycles. The maximum absolute atomic E-state index is 13.0. The lowest BCUT2D eigenvalue weighted by atomic mass is 10.3. The summed E-state index contributed by atoms with van der Waals surface area (Å²) in [6.07, 6.45) is 1.66. The second kappa shape index (κ2) is 5.65. The highest BCUT2D eigenvalue weighted by Gasteiger charge is 2.06. The Morgan fingerprint density at radius 3 is 2.90 bits per heavy atom. The van der Waals surface area contributed by atoms with Gasteiger partial charge in [0.2, 0.25) is 0 Å². The third-order valence-corrected chi connectivity index (χ3v) is 3.51. The molecule has 1 aromatic carbocycles. The molecular weight excluding hydrogens is 339 g/mol. The Kier molecular flexibility index (Phi) is 3.70. The molecule has 0 saturated carbocycles. The molecule has 0 unspecified atom stereocenters. The zero-order chi connectivity index (χ0) is 14.8. The van der Waals surface area contributed by atoms with Gasteiger partial charge in [-0.15, -0.1) is 0 Å². The molecule has 0 aliphatic rings. The molecule has 3 rings (SSSR count). The molecule has 2 heterocycles. The summed E-state index contributed by atoms with van der Waals surface area (Å²) >= 11 is 3.22. The van der Waals surface area contributed by atoms with E-state index < -0.39 is 0 Å². The van der Waals surface area contributed by atoms with Crippen molar-refractivity contribution < 1.29 is 9.13 Å². The van der Waals surface area contributed by atoms with E-state index in [1.807, 2.05) is 6.07 Å². The molecule has 21 heavy (non-hydrogen) atoms. The number of hydrogen-bond acceptors (Lipinski definition) is 3. The molecular formula is C15H10BrFN2O2. The number of ether oxygens (including phenoxy) is 1. The van der Waals surface area contributed by atoms with Gasteiger partial charge in [0, 0.05) is 12.3 Å². The number of benzene rings is 1. The summed E-state index contributed by atoms with van der Waals surface area (Å²) in [5, 5.41) is 0. The zero-order valence-corrected chi connectivity index (χ0v) is 12.4. The van der Waals surface area contributed by atoms with E-state index in [2.05, 4.69) is 20.9 Å². The van der Waals surface area contributed by atoms with Crippen LogP contribution in [0.5, 0.6) is 5.75 Å². The molecule has 0 N–H and O–H groups in total. The van der Waals surface area contributed by atoms with Crippen molar-refractivity contribution in [2.45, 2.75) is 6.61 Å². The monoisotopic (exact) mass is 348 g/mol. The van der Waals surface area contributed by atoms with Crippen LogP contribution in [-0.2, 0) is 6.61 Å². The van der Waals surface area contributed by atoms with Crippen molar-refractivity contribution in [2.24, 2.45) is 0 Å². The van der Waals surface area contributed by atoms with Gasteiger partial charge in [-0.2, -0.15) is 0 Å². The van der Waals surface area contributed by atoms with Crippen molar-refractivity contribution in [1.82, 2.24) is 9.38 Å². The molecule has 4 nitrogen and oxygen atoms in total. The number of fused-ring (bicyclic) bond motifs is 1. The lowest BCUT2D eigenvalue weighted by Gasteiger charge is -2.08. The first kappa shape index (κ1) is 13.8. The van der Waals surface area contributed by atoms with E-state index >= 15 is 0 Å². The number of nitrogens with zero attached hydrogens (tertiary/aromatic N) is 2. The van der Waals surface area contributed by atoms with Gasteiger partial charge < -0.3 is 4.74 Å². The Labute approximate surface area is 128 Å². The van der Waals surface area contributed by atoms with Gasteiger partial charge in [0.05, 0.1) is 10.2 Å². The van der Waals surface area contributed by atoms with Crippen LogP contribution >= 0.6 is 15.9 Å². The minimum Gasteiger partial charge on any atom is -0.486 e. The highest BCUT2D eigenvalue weighted by atomic mass is 79.9. The molecule has 0 fully saturated rings. The Bertz CT molecular complexity index is 864. The molecule has 0 bridgehead atoms. The minimum atomic E-state index is -0.351. The van der Waals surface area contributed by atoms with E-state index in [4.69, 9.17) is 4.74 Å². The standard InChI is InChI=1S/C15H10BrFN2O2/c16-12-7-10(17)4-5-13(12)21-9-11-8-15(20)19-6-2-1-3-14(19)18-11/h1-8H,9H2. The van der Waals surface area contributed by atoms with Crippen LogP contribution in [0.15, 0.2) is 57.9 Å². The summed E-state index contributed by atoms with van der Waals surface area (Å²) in [5.74, 6) is 0.141. The Balaban J connectivity index is 1.87. The number of aromatic nitrogens is 2. The highest BCUT2D eigenvalue weighted by molar-refractivity contribution is 9.10. The third kappa shape index (κ3) is 2.95. The SMILES string of the molecule is O=c1cc(COc2ccc(F)cc2Br)nc2ccccn12. The van der Waals surface area contributed by atoms with Crippen LogP contribution in [0.2, 0.25) is 0 Å². The van der Waals surface area contributed by atoms with E-state index in [9.17, 15) is 9.18 Å². The number of hydrogen-bond donors (Lipinski definition) is 0. The van der Waals surface area contributed by atoms with Crippen LogP contribution < -0.4 is 10.3 Å². The fraction of sp³-hybridized carbons (Fsp3) is 0.0667. The second-order valence-corrected chi connectivity index (χ2v) is 5.23. The first-order chi connectivity index (χ1) is 10.1. The van der Waals surface area contributed by atoms with Crippen LogP contribution in [0.25, 0.3) is 5.65 Å². The van der Waals surface area contributed by atoms with Gasteiger partial charge in [-0.25, -0.2) is 9.37 Å². The fourth-order valence-corrected chi connectivity index (χ4v) is 2.39. The molecule has 0 atom stereocenters. The van der Waals surface area contributed by atoms with Gasteiger partial charge in [0.25, 0.3) is 5.56 Å². The summed E-state index contributed by atoms with van der Waals surface area (Å²) in [7, 11) is 0. The number of pyridine rings is 1. The Morgan fingerprint density at radius 1 is 1.24 bits per heavy atom. The fourth-order valence-electron chi connectivity index (χ4n) is 1.92. The van der Waals surface area contributed by atoms with Gasteiger partial charge in [0.15, 0.2) is 0 Å². The topological polar surface area (TPSA) is 43.6 Å². The van der Waals surface area contributed by atoms with Crippen molar-refractivity contribution in [2.75, 3.05) is 0 Å². The van der Waals surface area contributed by atoms with E-state index in [-0.39, 0.29) is 18.0 Å². The quantitative estimate of drug-likeness (QED) is 0.730. The Hall–Kier alpha value is -2.21. The predicted molar refractivity (Wildman–Crippen MR) is 79.9 cm³/mol. The van der Waals surface area contributed by atoms with E-state index in [0.717, 1.165) is 0 Å². The second-order valence-electron chi connectivity index (χ2n) is 4.38. The molecule has 106 valence electrons. The Morgan fingerprint density at radius 2 is 2.10 bits per heavy atom. The largest absolute Gasteiger partial charge is 0.486 e. The molecule has 3 aromatic rings. The minimum absolute atomic E-state index is 0.130. The summed E-state index contributed by atoms with van der Waals surface area (Å²) in [5.41, 5.74) is 0.904. The molecule has 0 amide bonds. The van der Waals surface area contributed by atoms with Crippen molar-refractivity contribution in [3.05, 3.63) is 75.0 Å². The van der Waals surface area contributed by atoms with Gasteiger partial charge in [-0.1, -0.05) is 6.07 Å². The maximum Gasteiger partial charge on any atom is 0.258 e. The van der Waals surface area contributed by atoms with Crippen molar-refractivity contribution in [3.63, 3.8) is 0 Å². The average molecular weight is 349 g/mol. The lowest BCUT2D eigenvalue weighted by Crippen LogP contribution is -2.16. The highest BCUT2D eigenvalue weighted by Crippen LogP contribution is 2.26. The van der Waals surface area contributed by atoms with Gasteiger partial charge in [0.1, 0.15) is 23.8 Å². The van der Waals surface area contributed by atoms with Crippen molar-refractivity contribution >= 4 is 21.6 Å². The number of rotatable bonds is 3. The van der Waals surface area contributed by atoms with E-state index in [1.54, 1.807) is 18.3 Å². The van der Waals surface area contributed by atoms with Crippen LogP contribution in [0.3, 0.4) is 0 Å². The molecule has 0 spiro atoms. The van der Waals surface area contributed by atoms with Crippen molar-refractivity contribution in [3.8, 4) is 5.75 Å². The van der Waals surface area contributed by atoms with Gasteiger partial charge >= 0.3 is 0 Å². The molecule has 0 radical (unpaired) electrons. The first-order valence-corrected chi connectivity index (χ1v) is 6.98. The molecule has 0 aliphatic heterocycles. The van der Waals surface area contributed by atoms with Crippen molar-refractivity contribution in [1.29, 1.82) is 0 Å². The van der Waals surface area contributed by atoms with Gasteiger partial charge in [-0.3, -0.25) is 9.20 Å². The van der Waals surface area contributed by atoms with Gasteiger partial charge in [-0.05, 0) is 46.3 Å². The predicted octanol–water partition coefficient (Wildman–Crippen LogP) is 3.18. The zero-order valence-electron chi connectivity index (χ0n) is 10.8. The van der Waals surface area contributed by atoms with E-state index in [0.29, 0.717) is 21.6 Å². The molecule has 0 aliphatic carbocycles. The number of halogens is 2. The van der Waals surface area contributed by atoms with E-state index in [1.165, 1.54) is 28.7 Å². The summed E-state index contributed by atoms with van der Waals surface area (Å²) in [4.78, 5) is 16.3. The van der Waals surface area contributed by atoms with Crippen LogP contribution in [0.4, 0.5) is 4.39 Å². The summed E-state index contributed by atoms with van der Waals surface area (Å²) in [6.45, 7) is 0.130. The smallest absolute Gasteiger partial charge is 0.258 e. The summed E-state index contributed by atoms with van der Waals surface area (Å²) < 4.78 is 20.5. The molecule has 6 heteroatoms. The van der Waals surface area contributed by atoms with Crippen LogP contribution in [-0.4, -0.2) is 9.38 Å². The van der Waals surface area contributed by atoms with Crippen LogP contribution in [0.1, 0.15) is 5.69 Å². The lowest BCUT2D eigenvalue weighted by molar-refractivity contribution is 0.299. The maximum atomic E-state index is 13.0. The third-order valence-electron chi connectivity index (χ3n) is 2.89. The summed E-state index contributed by atoms with van der Waals surface area (Å²) in [6, 6.07) is 10.9.